The van der Waals surface area contributed by atoms with E-state index in [2.05, 4.69) is 10.6 Å². The molecule has 3 amide bonds. The van der Waals surface area contributed by atoms with E-state index in [1.165, 1.54) is 12.0 Å². The van der Waals surface area contributed by atoms with E-state index in [1.807, 2.05) is 12.2 Å². The van der Waals surface area contributed by atoms with Crippen LogP contribution in [0.5, 0.6) is 0 Å². The SMILES string of the molecule is COC(=O)[C@@]12C[C@H]1/C=C\CCCCC[C@H](NC(=O)OC1CCCC1)C(=O)N1C[C@@H](O)C[C@H]1C(=O)N2. The number of allylic oxidation sites excluding steroid dienone is 1. The maximum Gasteiger partial charge on any atom is 0.408 e. The predicted octanol–water partition coefficient (Wildman–Crippen LogP) is 1.55. The number of alkyl carbamates (subject to hydrolysis) is 1. The highest BCUT2D eigenvalue weighted by atomic mass is 16.6. The second-order valence-corrected chi connectivity index (χ2v) is 10.2. The summed E-state index contributed by atoms with van der Waals surface area (Å²) < 4.78 is 10.5. The smallest absolute Gasteiger partial charge is 0.408 e. The van der Waals surface area contributed by atoms with Crippen LogP contribution in [0.2, 0.25) is 0 Å². The lowest BCUT2D eigenvalue weighted by Gasteiger charge is -2.29. The summed E-state index contributed by atoms with van der Waals surface area (Å²) in [6.07, 6.45) is 10.2. The molecule has 10 nitrogen and oxygen atoms in total. The van der Waals surface area contributed by atoms with E-state index in [4.69, 9.17) is 9.47 Å². The molecule has 2 heterocycles. The lowest BCUT2D eigenvalue weighted by Crippen LogP contribution is -2.56. The lowest BCUT2D eigenvalue weighted by molar-refractivity contribution is -0.148. The topological polar surface area (TPSA) is 134 Å². The number of hydrogen-bond acceptors (Lipinski definition) is 7. The summed E-state index contributed by atoms with van der Waals surface area (Å²) in [5, 5.41) is 15.9. The average Bonchev–Trinajstić information content (AvgIpc) is 3.14. The molecular weight excluding hydrogens is 454 g/mol. The summed E-state index contributed by atoms with van der Waals surface area (Å²) in [4.78, 5) is 53.3. The molecule has 4 aliphatic rings. The molecule has 2 aliphatic heterocycles. The number of nitrogens with zero attached hydrogens (tertiary/aromatic N) is 1. The van der Waals surface area contributed by atoms with E-state index in [1.54, 1.807) is 0 Å². The van der Waals surface area contributed by atoms with E-state index >= 15 is 0 Å². The van der Waals surface area contributed by atoms with Gasteiger partial charge in [-0.1, -0.05) is 25.0 Å². The van der Waals surface area contributed by atoms with Crippen LogP contribution in [0.25, 0.3) is 0 Å². The summed E-state index contributed by atoms with van der Waals surface area (Å²) in [5.74, 6) is -1.61. The quantitative estimate of drug-likeness (QED) is 0.403. The number of amides is 3. The van der Waals surface area contributed by atoms with Crippen LogP contribution >= 0.6 is 0 Å². The summed E-state index contributed by atoms with van der Waals surface area (Å²) in [7, 11) is 1.29. The molecule has 0 radical (unpaired) electrons. The van der Waals surface area contributed by atoms with Gasteiger partial charge in [0, 0.05) is 18.9 Å². The van der Waals surface area contributed by atoms with Gasteiger partial charge in [-0.3, -0.25) is 9.59 Å². The molecule has 0 unspecified atom stereocenters. The van der Waals surface area contributed by atoms with Gasteiger partial charge in [-0.05, 0) is 51.4 Å². The molecule has 4 rings (SSSR count). The van der Waals surface area contributed by atoms with Gasteiger partial charge >= 0.3 is 12.1 Å². The second-order valence-electron chi connectivity index (χ2n) is 10.2. The normalized spacial score (nSPS) is 35.1. The Kier molecular flexibility index (Phi) is 7.98. The van der Waals surface area contributed by atoms with Crippen LogP contribution in [-0.4, -0.2) is 77.4 Å². The van der Waals surface area contributed by atoms with Gasteiger partial charge in [0.15, 0.2) is 0 Å². The molecular formula is C25H37N3O7. The Labute approximate surface area is 205 Å². The Morgan fingerprint density at radius 2 is 1.89 bits per heavy atom. The van der Waals surface area contributed by atoms with E-state index in [0.717, 1.165) is 51.4 Å². The van der Waals surface area contributed by atoms with Gasteiger partial charge in [0.05, 0.1) is 13.2 Å². The van der Waals surface area contributed by atoms with Crippen molar-refractivity contribution in [1.82, 2.24) is 15.5 Å². The molecule has 0 bridgehead atoms. The molecule has 0 aromatic rings. The van der Waals surface area contributed by atoms with Crippen molar-refractivity contribution < 1.29 is 33.8 Å². The molecule has 10 heteroatoms. The average molecular weight is 492 g/mol. The minimum atomic E-state index is -1.15. The molecule has 2 aliphatic carbocycles. The Balaban J connectivity index is 1.52. The van der Waals surface area contributed by atoms with Crippen molar-refractivity contribution in [3.63, 3.8) is 0 Å². The first-order chi connectivity index (χ1) is 16.8. The van der Waals surface area contributed by atoms with Crippen molar-refractivity contribution in [3.8, 4) is 0 Å². The van der Waals surface area contributed by atoms with Crippen molar-refractivity contribution in [1.29, 1.82) is 0 Å². The molecule has 0 spiro atoms. The third-order valence-electron chi connectivity index (χ3n) is 7.67. The van der Waals surface area contributed by atoms with Crippen LogP contribution in [0.15, 0.2) is 12.2 Å². The van der Waals surface area contributed by atoms with Crippen LogP contribution in [0, 0.1) is 5.92 Å². The standard InChI is InChI=1S/C25H37N3O7/c1-34-23(32)25-14-16(25)9-5-3-2-4-6-12-19(26-24(33)35-18-10-7-8-11-18)22(31)28-15-17(29)13-20(28)21(30)27-25/h5,9,16-20,29H,2-4,6-8,10-15H2,1H3,(H,26,33)(H,27,30)/b9-5-/t16-,17+,19+,20+,25-/m1/s1. The maximum atomic E-state index is 13.6. The zero-order valence-corrected chi connectivity index (χ0v) is 20.4. The number of ether oxygens (including phenoxy) is 2. The highest BCUT2D eigenvalue weighted by Crippen LogP contribution is 2.46. The number of aliphatic hydroxyl groups excluding tert-OH is 1. The van der Waals surface area contributed by atoms with E-state index in [-0.39, 0.29) is 25.0 Å². The summed E-state index contributed by atoms with van der Waals surface area (Å²) >= 11 is 0. The fourth-order valence-corrected chi connectivity index (χ4v) is 5.58. The summed E-state index contributed by atoms with van der Waals surface area (Å²) in [5.41, 5.74) is -1.15. The van der Waals surface area contributed by atoms with Gasteiger partial charge < -0.3 is 30.1 Å². The fourth-order valence-electron chi connectivity index (χ4n) is 5.58. The number of nitrogens with one attached hydrogen (secondary N) is 2. The Bertz CT molecular complexity index is 856. The van der Waals surface area contributed by atoms with Crippen LogP contribution in [0.3, 0.4) is 0 Å². The second kappa shape index (κ2) is 11.0. The van der Waals surface area contributed by atoms with Crippen molar-refractivity contribution in [2.24, 2.45) is 5.92 Å². The minimum absolute atomic E-state index is 0.0126. The predicted molar refractivity (Wildman–Crippen MR) is 125 cm³/mol. The van der Waals surface area contributed by atoms with Crippen LogP contribution in [0.1, 0.15) is 70.6 Å². The van der Waals surface area contributed by atoms with Gasteiger partial charge in [0.1, 0.15) is 23.7 Å². The maximum absolute atomic E-state index is 13.6. The Morgan fingerprint density at radius 1 is 1.14 bits per heavy atom. The molecule has 3 N–H and O–H groups in total. The Morgan fingerprint density at radius 3 is 2.63 bits per heavy atom. The molecule has 35 heavy (non-hydrogen) atoms. The number of methoxy groups -OCH3 is 1. The number of esters is 1. The van der Waals surface area contributed by atoms with Gasteiger partial charge in [0.2, 0.25) is 11.8 Å². The largest absolute Gasteiger partial charge is 0.467 e. The molecule has 2 saturated carbocycles. The van der Waals surface area contributed by atoms with E-state index < -0.39 is 47.6 Å². The van der Waals surface area contributed by atoms with Gasteiger partial charge in [-0.25, -0.2) is 9.59 Å². The monoisotopic (exact) mass is 491 g/mol. The van der Waals surface area contributed by atoms with Crippen molar-refractivity contribution in [2.45, 2.75) is 100 Å². The Hall–Kier alpha value is -2.62. The molecule has 0 aromatic heterocycles. The van der Waals surface area contributed by atoms with Crippen molar-refractivity contribution >= 4 is 23.9 Å². The number of hydrogen-bond donors (Lipinski definition) is 3. The van der Waals surface area contributed by atoms with Gasteiger partial charge in [0.25, 0.3) is 0 Å². The lowest BCUT2D eigenvalue weighted by atomic mass is 10.0. The molecule has 3 fully saturated rings. The molecule has 194 valence electrons. The number of carbonyl (C=O) groups excluding carboxylic acids is 4. The summed E-state index contributed by atoms with van der Waals surface area (Å²) in [6, 6.07) is -1.79. The molecule has 0 aromatic carbocycles. The number of aliphatic hydroxyl groups is 1. The number of fused-ring (bicyclic) bond motifs is 2. The van der Waals surface area contributed by atoms with Crippen LogP contribution < -0.4 is 10.6 Å². The number of carbonyl (C=O) groups is 4. The van der Waals surface area contributed by atoms with Crippen molar-refractivity contribution in [2.75, 3.05) is 13.7 Å². The molecule has 1 saturated heterocycles. The van der Waals surface area contributed by atoms with Crippen LogP contribution in [-0.2, 0) is 23.9 Å². The highest BCUT2D eigenvalue weighted by Gasteiger charge is 2.62. The third kappa shape index (κ3) is 5.79. The first-order valence-electron chi connectivity index (χ1n) is 12.9. The zero-order valence-electron chi connectivity index (χ0n) is 20.4. The third-order valence-corrected chi connectivity index (χ3v) is 7.67. The fraction of sp³-hybridized carbons (Fsp3) is 0.760. The number of rotatable bonds is 3. The molecule has 5 atom stereocenters. The van der Waals surface area contributed by atoms with E-state index in [0.29, 0.717) is 12.8 Å². The highest BCUT2D eigenvalue weighted by molar-refractivity contribution is 5.96. The van der Waals surface area contributed by atoms with Gasteiger partial charge in [-0.2, -0.15) is 0 Å². The van der Waals surface area contributed by atoms with Crippen molar-refractivity contribution in [3.05, 3.63) is 12.2 Å². The first-order valence-corrected chi connectivity index (χ1v) is 12.9. The van der Waals surface area contributed by atoms with Gasteiger partial charge in [-0.15, -0.1) is 0 Å². The minimum Gasteiger partial charge on any atom is -0.467 e. The van der Waals surface area contributed by atoms with E-state index in [9.17, 15) is 24.3 Å². The first kappa shape index (κ1) is 25.5. The van der Waals surface area contributed by atoms with Crippen LogP contribution in [0.4, 0.5) is 4.79 Å². The summed E-state index contributed by atoms with van der Waals surface area (Å²) in [6.45, 7) is -0.0126. The zero-order chi connectivity index (χ0) is 25.0.